The molecule has 2 aliphatic carbocycles. The quantitative estimate of drug-likeness (QED) is 0.445. The molecule has 8 heavy (non-hydrogen) atoms. The minimum absolute atomic E-state index is 0.169. The van der Waals surface area contributed by atoms with E-state index in [1.807, 2.05) is 0 Å². The van der Waals surface area contributed by atoms with Crippen molar-refractivity contribution in [2.75, 3.05) is 0 Å². The number of carbonyl (C=O) groups excluding carboxylic acids is 2. The molecular weight excluding hydrogens is 104 g/mol. The molecule has 2 fully saturated rings. The normalized spacial score (nSPS) is 42.5. The molecule has 0 aliphatic heterocycles. The maximum Gasteiger partial charge on any atom is 0.141 e. The van der Waals surface area contributed by atoms with Crippen molar-refractivity contribution >= 4 is 11.6 Å². The Morgan fingerprint density at radius 3 is 2.00 bits per heavy atom. The monoisotopic (exact) mass is 110 g/mol. The summed E-state index contributed by atoms with van der Waals surface area (Å²) < 4.78 is 0. The summed E-state index contributed by atoms with van der Waals surface area (Å²) in [5.41, 5.74) is 0. The van der Waals surface area contributed by atoms with E-state index in [1.54, 1.807) is 0 Å². The van der Waals surface area contributed by atoms with Crippen molar-refractivity contribution in [3.63, 3.8) is 0 Å². The minimum atomic E-state index is 0.169. The summed E-state index contributed by atoms with van der Waals surface area (Å²) >= 11 is 0. The first-order chi connectivity index (χ1) is 3.79. The van der Waals surface area contributed by atoms with Crippen molar-refractivity contribution < 1.29 is 9.59 Å². The smallest absolute Gasteiger partial charge is 0.141 e. The van der Waals surface area contributed by atoms with Crippen LogP contribution in [-0.2, 0) is 9.59 Å². The maximum atomic E-state index is 10.5. The van der Waals surface area contributed by atoms with E-state index in [1.165, 1.54) is 0 Å². The predicted octanol–water partition coefficient (Wildman–Crippen LogP) is 0.164. The molecule has 2 rings (SSSR count). The van der Waals surface area contributed by atoms with Crippen molar-refractivity contribution in [1.29, 1.82) is 0 Å². The molecule has 0 heterocycles. The summed E-state index contributed by atoms with van der Waals surface area (Å²) in [6, 6.07) is 0. The third-order valence-electron chi connectivity index (χ3n) is 2.00. The van der Waals surface area contributed by atoms with Crippen LogP contribution in [0.2, 0.25) is 0 Å². The van der Waals surface area contributed by atoms with Gasteiger partial charge in [0, 0.05) is 24.7 Å². The number of ketones is 2. The molecule has 0 saturated heterocycles. The molecule has 2 saturated carbocycles. The van der Waals surface area contributed by atoms with Gasteiger partial charge in [-0.25, -0.2) is 0 Å². The average molecular weight is 110 g/mol. The fourth-order valence-corrected chi connectivity index (χ4v) is 1.41. The standard InChI is InChI=1S/C6H6O2/c7-3-1-4-5(2-3)6(4)8/h4-5H,1-2H2/t4-,5?/m0/s1. The van der Waals surface area contributed by atoms with Crippen LogP contribution in [0.15, 0.2) is 0 Å². The molecule has 0 aromatic heterocycles. The predicted molar refractivity (Wildman–Crippen MR) is 26.2 cm³/mol. The van der Waals surface area contributed by atoms with Crippen molar-refractivity contribution in [2.24, 2.45) is 11.8 Å². The Balaban J connectivity index is 2.19. The summed E-state index contributed by atoms with van der Waals surface area (Å²) in [6.45, 7) is 0. The van der Waals surface area contributed by atoms with Gasteiger partial charge in [-0.1, -0.05) is 0 Å². The van der Waals surface area contributed by atoms with Gasteiger partial charge in [0.15, 0.2) is 0 Å². The molecule has 0 aromatic rings. The lowest BCUT2D eigenvalue weighted by molar-refractivity contribution is -0.122. The Bertz CT molecular complexity index is 153. The average Bonchev–Trinajstić information content (AvgIpc) is 2.29. The Labute approximate surface area is 46.9 Å². The van der Waals surface area contributed by atoms with Gasteiger partial charge in [-0.3, -0.25) is 9.59 Å². The Kier molecular flexibility index (Phi) is 0.539. The van der Waals surface area contributed by atoms with Gasteiger partial charge in [0.1, 0.15) is 11.6 Å². The van der Waals surface area contributed by atoms with Crippen molar-refractivity contribution in [3.05, 3.63) is 0 Å². The van der Waals surface area contributed by atoms with Gasteiger partial charge >= 0.3 is 0 Å². The molecular formula is C6H6O2. The van der Waals surface area contributed by atoms with Crippen molar-refractivity contribution in [2.45, 2.75) is 12.8 Å². The number of fused-ring (bicyclic) bond motifs is 1. The molecule has 0 bridgehead atoms. The molecule has 42 valence electrons. The Hall–Kier alpha value is -0.660. The third-order valence-corrected chi connectivity index (χ3v) is 2.00. The van der Waals surface area contributed by atoms with E-state index in [2.05, 4.69) is 0 Å². The largest absolute Gasteiger partial charge is 0.300 e. The van der Waals surface area contributed by atoms with E-state index in [9.17, 15) is 9.59 Å². The van der Waals surface area contributed by atoms with Crippen LogP contribution in [0.4, 0.5) is 0 Å². The number of hydrogen-bond donors (Lipinski definition) is 0. The van der Waals surface area contributed by atoms with Gasteiger partial charge in [-0.15, -0.1) is 0 Å². The Morgan fingerprint density at radius 1 is 1.12 bits per heavy atom. The third kappa shape index (κ3) is 0.335. The summed E-state index contributed by atoms with van der Waals surface area (Å²) in [7, 11) is 0. The van der Waals surface area contributed by atoms with Crippen LogP contribution in [0.25, 0.3) is 0 Å². The second kappa shape index (κ2) is 1.02. The van der Waals surface area contributed by atoms with E-state index >= 15 is 0 Å². The summed E-state index contributed by atoms with van der Waals surface area (Å²) in [6.07, 6.45) is 1.09. The van der Waals surface area contributed by atoms with Crippen LogP contribution >= 0.6 is 0 Å². The molecule has 0 amide bonds. The molecule has 1 unspecified atom stereocenters. The zero-order valence-corrected chi connectivity index (χ0v) is 4.39. The minimum Gasteiger partial charge on any atom is -0.300 e. The molecule has 2 nitrogen and oxygen atoms in total. The number of carbonyl (C=O) groups is 2. The van der Waals surface area contributed by atoms with Crippen LogP contribution in [0.5, 0.6) is 0 Å². The van der Waals surface area contributed by atoms with Gasteiger partial charge in [0.2, 0.25) is 0 Å². The zero-order valence-electron chi connectivity index (χ0n) is 4.39. The van der Waals surface area contributed by atoms with Crippen molar-refractivity contribution in [1.82, 2.24) is 0 Å². The lowest BCUT2D eigenvalue weighted by Crippen LogP contribution is -1.95. The highest BCUT2D eigenvalue weighted by Gasteiger charge is 2.55. The van der Waals surface area contributed by atoms with E-state index in [4.69, 9.17) is 0 Å². The van der Waals surface area contributed by atoms with Crippen LogP contribution in [0.3, 0.4) is 0 Å². The number of rotatable bonds is 0. The molecule has 0 radical (unpaired) electrons. The van der Waals surface area contributed by atoms with Gasteiger partial charge < -0.3 is 0 Å². The van der Waals surface area contributed by atoms with Gasteiger partial charge in [0.05, 0.1) is 0 Å². The second-order valence-corrected chi connectivity index (χ2v) is 2.56. The molecule has 2 atom stereocenters. The fraction of sp³-hybridized carbons (Fsp3) is 0.667. The van der Waals surface area contributed by atoms with Crippen LogP contribution < -0.4 is 0 Å². The molecule has 0 N–H and O–H groups in total. The highest BCUT2D eigenvalue weighted by molar-refractivity contribution is 6.09. The first kappa shape index (κ1) is 4.24. The highest BCUT2D eigenvalue weighted by atomic mass is 16.2. The van der Waals surface area contributed by atoms with Crippen LogP contribution in [0.1, 0.15) is 12.8 Å². The van der Waals surface area contributed by atoms with Gasteiger partial charge in [-0.2, -0.15) is 0 Å². The van der Waals surface area contributed by atoms with Gasteiger partial charge in [0.25, 0.3) is 0 Å². The number of hydrogen-bond acceptors (Lipinski definition) is 2. The summed E-state index contributed by atoms with van der Waals surface area (Å²) in [4.78, 5) is 21.0. The molecule has 2 aliphatic rings. The maximum absolute atomic E-state index is 10.5. The summed E-state index contributed by atoms with van der Waals surface area (Å²) in [5.74, 6) is 0.939. The highest BCUT2D eigenvalue weighted by Crippen LogP contribution is 2.45. The van der Waals surface area contributed by atoms with Crippen LogP contribution in [-0.4, -0.2) is 11.6 Å². The first-order valence-corrected chi connectivity index (χ1v) is 2.84. The zero-order chi connectivity index (χ0) is 5.72. The molecule has 2 heteroatoms. The Morgan fingerprint density at radius 2 is 1.62 bits per heavy atom. The molecule has 0 aromatic carbocycles. The van der Waals surface area contributed by atoms with E-state index in [0.717, 1.165) is 0 Å². The van der Waals surface area contributed by atoms with Crippen LogP contribution in [0, 0.1) is 11.8 Å². The number of Topliss-reactive ketones (excluding diaryl/α,β-unsaturated/α-hetero) is 2. The van der Waals surface area contributed by atoms with E-state index < -0.39 is 0 Å². The lowest BCUT2D eigenvalue weighted by atomic mass is 10.2. The van der Waals surface area contributed by atoms with Crippen molar-refractivity contribution in [3.8, 4) is 0 Å². The molecule has 0 spiro atoms. The topological polar surface area (TPSA) is 34.1 Å². The van der Waals surface area contributed by atoms with E-state index in [-0.39, 0.29) is 17.6 Å². The second-order valence-electron chi connectivity index (χ2n) is 2.56. The SMILES string of the molecule is O=C1CC2C(=O)[C@H]2C1. The van der Waals surface area contributed by atoms with E-state index in [0.29, 0.717) is 18.6 Å². The van der Waals surface area contributed by atoms with Gasteiger partial charge in [-0.05, 0) is 0 Å². The lowest BCUT2D eigenvalue weighted by Gasteiger charge is -1.82. The fourth-order valence-electron chi connectivity index (χ4n) is 1.41. The summed E-state index contributed by atoms with van der Waals surface area (Å²) in [5, 5.41) is 0. The first-order valence-electron chi connectivity index (χ1n) is 2.84.